The third kappa shape index (κ3) is 8.96. The Hall–Kier alpha value is -3.64. The Balaban J connectivity index is 0.000000265. The second-order valence-electron chi connectivity index (χ2n) is 10.0. The normalized spacial score (nSPS) is 15.7. The van der Waals surface area contributed by atoms with Gasteiger partial charge in [-0.15, -0.1) is 0 Å². The summed E-state index contributed by atoms with van der Waals surface area (Å²) in [5, 5.41) is 10.7. The summed E-state index contributed by atoms with van der Waals surface area (Å²) in [6.45, 7) is 10.5. The lowest BCUT2D eigenvalue weighted by Crippen LogP contribution is -2.49. The minimum atomic E-state index is 0.00192. The fraction of sp³-hybridized carbons (Fsp3) is 0.533. The van der Waals surface area contributed by atoms with Crippen molar-refractivity contribution in [2.45, 2.75) is 45.4 Å². The molecule has 39 heavy (non-hydrogen) atoms. The molecular formula is C30H43N7O2. The molecule has 1 aromatic carbocycles. The number of likely N-dealkylation sites (N-methyl/N-ethyl adjacent to an activating group) is 1. The van der Waals surface area contributed by atoms with Crippen LogP contribution in [-0.4, -0.2) is 85.6 Å². The number of anilines is 2. The quantitative estimate of drug-likeness (QED) is 0.562. The summed E-state index contributed by atoms with van der Waals surface area (Å²) in [4.78, 5) is 27.4. The van der Waals surface area contributed by atoms with E-state index in [-0.39, 0.29) is 5.91 Å². The molecule has 210 valence electrons. The van der Waals surface area contributed by atoms with Gasteiger partial charge in [-0.2, -0.15) is 15.2 Å². The summed E-state index contributed by atoms with van der Waals surface area (Å²) in [6, 6.07) is 10.8. The molecule has 9 nitrogen and oxygen atoms in total. The van der Waals surface area contributed by atoms with Crippen LogP contribution < -0.4 is 15.0 Å². The molecule has 0 unspecified atom stereocenters. The number of amides is 1. The van der Waals surface area contributed by atoms with Crippen LogP contribution in [0.2, 0.25) is 0 Å². The van der Waals surface area contributed by atoms with Gasteiger partial charge in [0.05, 0.1) is 11.8 Å². The van der Waals surface area contributed by atoms with Crippen LogP contribution in [0.25, 0.3) is 0 Å². The fourth-order valence-electron chi connectivity index (χ4n) is 4.88. The molecule has 0 saturated carbocycles. The van der Waals surface area contributed by atoms with E-state index in [1.165, 1.54) is 55.5 Å². The highest BCUT2D eigenvalue weighted by molar-refractivity contribution is 5.87. The molecule has 0 bridgehead atoms. The van der Waals surface area contributed by atoms with Gasteiger partial charge in [0.25, 0.3) is 0 Å². The predicted molar refractivity (Wildman–Crippen MR) is 156 cm³/mol. The maximum absolute atomic E-state index is 11.8. The van der Waals surface area contributed by atoms with E-state index >= 15 is 0 Å². The van der Waals surface area contributed by atoms with Crippen LogP contribution in [0.3, 0.4) is 0 Å². The summed E-state index contributed by atoms with van der Waals surface area (Å²) < 4.78 is 5.82. The van der Waals surface area contributed by atoms with Crippen LogP contribution in [0.15, 0.2) is 36.9 Å². The summed E-state index contributed by atoms with van der Waals surface area (Å²) in [7, 11) is 4.04. The number of aryl methyl sites for hydroxylation is 2. The highest BCUT2D eigenvalue weighted by Crippen LogP contribution is 2.30. The number of benzene rings is 1. The van der Waals surface area contributed by atoms with Crippen LogP contribution in [0.4, 0.5) is 11.5 Å². The third-order valence-corrected chi connectivity index (χ3v) is 6.93. The number of nitrogens with one attached hydrogen (secondary N) is 1. The van der Waals surface area contributed by atoms with Crippen molar-refractivity contribution < 1.29 is 9.53 Å². The van der Waals surface area contributed by atoms with Gasteiger partial charge in [-0.05, 0) is 70.3 Å². The highest BCUT2D eigenvalue weighted by Gasteiger charge is 2.26. The zero-order chi connectivity index (χ0) is 28.0. The maximum atomic E-state index is 11.8. The Morgan fingerprint density at radius 2 is 1.85 bits per heavy atom. The number of fused-ring (bicyclic) bond motifs is 2. The number of rotatable bonds is 6. The lowest BCUT2D eigenvalue weighted by atomic mass is 9.96. The van der Waals surface area contributed by atoms with Gasteiger partial charge in [-0.3, -0.25) is 4.79 Å². The Bertz CT molecular complexity index is 1100. The number of hydrogen-bond donors (Lipinski definition) is 1. The predicted octanol–water partition coefficient (Wildman–Crippen LogP) is 3.70. The van der Waals surface area contributed by atoms with E-state index in [1.807, 2.05) is 19.0 Å². The van der Waals surface area contributed by atoms with Crippen molar-refractivity contribution in [3.05, 3.63) is 53.7 Å². The molecule has 3 aliphatic rings. The molecule has 1 fully saturated rings. The molecular weight excluding hydrogens is 490 g/mol. The standard InChI is InChI=1S/C19H29N5O2.C9H11N.C2H3N/c1-4-17(25)23-9-11-24(12-10-23)18-15-7-5-6-8-16(15)20-19(21-18)26-14-13-22(2)3;1-2-6-9-8(4-1)5-3-7-10-9;1-2-3/h4H,1,5-14H2,2-3H3;1-2,4,6,10H,3,5,7H2;1H3. The van der Waals surface area contributed by atoms with Crippen molar-refractivity contribution >= 4 is 17.4 Å². The SMILES string of the molecule is C=CC(=O)N1CCN(c2nc(OCCN(C)C)nc3c2CCCC3)CC1.CC#N.c1ccc2c(c1)CCCN2. The van der Waals surface area contributed by atoms with Crippen LogP contribution in [0.5, 0.6) is 6.01 Å². The molecule has 1 aromatic heterocycles. The van der Waals surface area contributed by atoms with Crippen molar-refractivity contribution in [3.63, 3.8) is 0 Å². The molecule has 0 spiro atoms. The van der Waals surface area contributed by atoms with Gasteiger partial charge >= 0.3 is 6.01 Å². The topological polar surface area (TPSA) is 97.6 Å². The van der Waals surface area contributed by atoms with Gasteiger partial charge in [-0.1, -0.05) is 24.8 Å². The number of para-hydroxylation sites is 1. The van der Waals surface area contributed by atoms with E-state index in [1.54, 1.807) is 6.07 Å². The van der Waals surface area contributed by atoms with E-state index in [9.17, 15) is 4.79 Å². The van der Waals surface area contributed by atoms with Gasteiger partial charge in [0.2, 0.25) is 5.91 Å². The first-order chi connectivity index (χ1) is 19.0. The van der Waals surface area contributed by atoms with Crippen LogP contribution in [0, 0.1) is 11.3 Å². The lowest BCUT2D eigenvalue weighted by Gasteiger charge is -2.36. The number of carbonyl (C=O) groups excluding carboxylic acids is 1. The number of carbonyl (C=O) groups is 1. The van der Waals surface area contributed by atoms with Crippen molar-refractivity contribution in [2.24, 2.45) is 0 Å². The Kier molecular flexibility index (Phi) is 12.0. The third-order valence-electron chi connectivity index (χ3n) is 6.93. The molecule has 2 aliphatic heterocycles. The zero-order valence-corrected chi connectivity index (χ0v) is 23.8. The number of aromatic nitrogens is 2. The average molecular weight is 534 g/mol. The smallest absolute Gasteiger partial charge is 0.318 e. The van der Waals surface area contributed by atoms with Gasteiger partial charge in [0.15, 0.2) is 0 Å². The molecule has 2 aromatic rings. The van der Waals surface area contributed by atoms with Crippen LogP contribution in [0.1, 0.15) is 43.0 Å². The monoisotopic (exact) mass is 533 g/mol. The van der Waals surface area contributed by atoms with E-state index in [2.05, 4.69) is 50.9 Å². The molecule has 1 N–H and O–H groups in total. The number of nitriles is 1. The minimum absolute atomic E-state index is 0.00192. The van der Waals surface area contributed by atoms with E-state index < -0.39 is 0 Å². The average Bonchev–Trinajstić information content (AvgIpc) is 2.97. The van der Waals surface area contributed by atoms with Crippen molar-refractivity contribution in [2.75, 3.05) is 70.2 Å². The summed E-state index contributed by atoms with van der Waals surface area (Å²) >= 11 is 0. The molecule has 0 radical (unpaired) electrons. The Labute approximate surface area is 233 Å². The molecule has 1 amide bonds. The zero-order valence-electron chi connectivity index (χ0n) is 23.8. The van der Waals surface area contributed by atoms with Crippen molar-refractivity contribution in [1.29, 1.82) is 5.26 Å². The minimum Gasteiger partial charge on any atom is -0.462 e. The van der Waals surface area contributed by atoms with Crippen molar-refractivity contribution in [1.82, 2.24) is 19.8 Å². The number of ether oxygens (including phenoxy) is 1. The Morgan fingerprint density at radius 1 is 1.13 bits per heavy atom. The van der Waals surface area contributed by atoms with Crippen LogP contribution in [-0.2, 0) is 24.1 Å². The van der Waals surface area contributed by atoms with E-state index in [4.69, 9.17) is 15.0 Å². The first-order valence-electron chi connectivity index (χ1n) is 13.9. The molecule has 0 atom stereocenters. The largest absolute Gasteiger partial charge is 0.462 e. The molecule has 1 aliphatic carbocycles. The van der Waals surface area contributed by atoms with Crippen molar-refractivity contribution in [3.8, 4) is 12.1 Å². The summed E-state index contributed by atoms with van der Waals surface area (Å²) in [5.41, 5.74) is 5.19. The first-order valence-corrected chi connectivity index (χ1v) is 13.9. The summed E-state index contributed by atoms with van der Waals surface area (Å²) in [5.74, 6) is 1.00. The second-order valence-corrected chi connectivity index (χ2v) is 10.0. The highest BCUT2D eigenvalue weighted by atomic mass is 16.5. The van der Waals surface area contributed by atoms with Gasteiger partial charge in [0, 0.05) is 57.4 Å². The Morgan fingerprint density at radius 3 is 2.54 bits per heavy atom. The molecule has 9 heteroatoms. The van der Waals surface area contributed by atoms with Gasteiger partial charge in [-0.25, -0.2) is 0 Å². The summed E-state index contributed by atoms with van der Waals surface area (Å²) in [6.07, 6.45) is 8.26. The number of nitrogens with zero attached hydrogens (tertiary/aromatic N) is 6. The number of piperazine rings is 1. The maximum Gasteiger partial charge on any atom is 0.318 e. The number of hydrogen-bond acceptors (Lipinski definition) is 8. The molecule has 1 saturated heterocycles. The first kappa shape index (κ1) is 29.9. The lowest BCUT2D eigenvalue weighted by molar-refractivity contribution is -0.126. The van der Waals surface area contributed by atoms with Crippen LogP contribution >= 0.6 is 0 Å². The second kappa shape index (κ2) is 15.7. The van der Waals surface area contributed by atoms with Gasteiger partial charge in [0.1, 0.15) is 12.4 Å². The molecule has 5 rings (SSSR count). The van der Waals surface area contributed by atoms with E-state index in [0.717, 1.165) is 50.5 Å². The van der Waals surface area contributed by atoms with Gasteiger partial charge < -0.3 is 24.8 Å². The van der Waals surface area contributed by atoms with E-state index in [0.29, 0.717) is 25.7 Å². The fourth-order valence-corrected chi connectivity index (χ4v) is 4.88. The molecule has 3 heterocycles.